The van der Waals surface area contributed by atoms with Crippen LogP contribution in [0.4, 0.5) is 0 Å². The van der Waals surface area contributed by atoms with Crippen molar-refractivity contribution in [3.05, 3.63) is 49.3 Å². The second-order valence-corrected chi connectivity index (χ2v) is 10.8. The van der Waals surface area contributed by atoms with Crippen LogP contribution in [0, 0.1) is 5.92 Å². The summed E-state index contributed by atoms with van der Waals surface area (Å²) in [4.78, 5) is 19.6. The third kappa shape index (κ3) is 6.52. The summed E-state index contributed by atoms with van der Waals surface area (Å²) in [6.07, 6.45) is 4.49. The fourth-order valence-electron chi connectivity index (χ4n) is 3.82. The molecule has 33 heavy (non-hydrogen) atoms. The summed E-state index contributed by atoms with van der Waals surface area (Å²) in [6.45, 7) is 13.9. The number of fused-ring (bicyclic) bond motifs is 1. The predicted octanol–water partition coefficient (Wildman–Crippen LogP) is 2.57. The Labute approximate surface area is 198 Å². The molecule has 0 aliphatic rings. The molecule has 182 valence electrons. The van der Waals surface area contributed by atoms with Gasteiger partial charge in [-0.25, -0.2) is 17.7 Å². The number of hydrogen-bond donors (Lipinski definition) is 1. The molecule has 1 heterocycles. The zero-order valence-corrected chi connectivity index (χ0v) is 21.2. The number of carbonyl (C=O) groups is 1. The molecule has 9 heteroatoms. The summed E-state index contributed by atoms with van der Waals surface area (Å²) in [5, 5.41) is 3.06. The van der Waals surface area contributed by atoms with Crippen molar-refractivity contribution in [2.45, 2.75) is 37.6 Å². The van der Waals surface area contributed by atoms with Crippen molar-refractivity contribution in [2.75, 3.05) is 33.7 Å². The highest BCUT2D eigenvalue weighted by atomic mass is 32.2. The van der Waals surface area contributed by atoms with Crippen LogP contribution in [0.3, 0.4) is 0 Å². The average Bonchev–Trinajstić information content (AvgIpc) is 3.07. The van der Waals surface area contributed by atoms with E-state index in [4.69, 9.17) is 0 Å². The Morgan fingerprint density at radius 1 is 1.21 bits per heavy atom. The van der Waals surface area contributed by atoms with E-state index < -0.39 is 10.0 Å². The number of sulfonamides is 1. The Kier molecular flexibility index (Phi) is 9.39. The van der Waals surface area contributed by atoms with Crippen LogP contribution in [-0.2, 0) is 28.3 Å². The van der Waals surface area contributed by atoms with E-state index in [-0.39, 0.29) is 16.8 Å². The minimum atomic E-state index is -3.53. The molecular weight excluding hydrogens is 438 g/mol. The van der Waals surface area contributed by atoms with Gasteiger partial charge in [-0.05, 0) is 24.1 Å². The van der Waals surface area contributed by atoms with E-state index in [9.17, 15) is 13.2 Å². The summed E-state index contributed by atoms with van der Waals surface area (Å²) in [5.41, 5.74) is 1.42. The molecule has 0 saturated heterocycles. The van der Waals surface area contributed by atoms with Gasteiger partial charge >= 0.3 is 0 Å². The summed E-state index contributed by atoms with van der Waals surface area (Å²) in [7, 11) is 1.34. The number of hydrogen-bond acceptors (Lipinski definition) is 5. The summed E-state index contributed by atoms with van der Waals surface area (Å²) in [6, 6.07) is 5.09. The lowest BCUT2D eigenvalue weighted by Gasteiger charge is -2.33. The highest BCUT2D eigenvalue weighted by Crippen LogP contribution is 2.22. The molecule has 8 nitrogen and oxygen atoms in total. The minimum absolute atomic E-state index is 0.0410. The maximum atomic E-state index is 12.6. The van der Waals surface area contributed by atoms with E-state index >= 15 is 0 Å². The third-order valence-corrected chi connectivity index (χ3v) is 7.58. The van der Waals surface area contributed by atoms with Crippen molar-refractivity contribution in [1.82, 2.24) is 24.1 Å². The predicted molar refractivity (Wildman–Crippen MR) is 134 cm³/mol. The van der Waals surface area contributed by atoms with Gasteiger partial charge in [0.2, 0.25) is 15.9 Å². The second-order valence-electron chi connectivity index (χ2n) is 8.67. The SMILES string of the molecule is C=CCN(CC=C)C(CNC(=O)CCc1nc2cc(S(=O)(=O)N(C)C)ccc2n1C)C(C)C. The smallest absolute Gasteiger partial charge is 0.242 e. The molecule has 0 aliphatic carbocycles. The quantitative estimate of drug-likeness (QED) is 0.450. The first-order valence-corrected chi connectivity index (χ1v) is 12.6. The first-order chi connectivity index (χ1) is 15.5. The van der Waals surface area contributed by atoms with Crippen LogP contribution in [0.1, 0.15) is 26.1 Å². The molecule has 1 amide bonds. The number of nitrogens with one attached hydrogen (secondary N) is 1. The topological polar surface area (TPSA) is 87.5 Å². The number of aryl methyl sites for hydroxylation is 2. The van der Waals surface area contributed by atoms with E-state index in [1.54, 1.807) is 18.2 Å². The Morgan fingerprint density at radius 2 is 1.85 bits per heavy atom. The van der Waals surface area contributed by atoms with Gasteiger partial charge in [0.05, 0.1) is 15.9 Å². The molecule has 0 spiro atoms. The van der Waals surface area contributed by atoms with Crippen molar-refractivity contribution in [3.8, 4) is 0 Å². The maximum absolute atomic E-state index is 12.6. The fraction of sp³-hybridized carbons (Fsp3) is 0.500. The van der Waals surface area contributed by atoms with Gasteiger partial charge in [-0.15, -0.1) is 13.2 Å². The van der Waals surface area contributed by atoms with Crippen molar-refractivity contribution in [3.63, 3.8) is 0 Å². The molecule has 1 atom stereocenters. The van der Waals surface area contributed by atoms with E-state index in [1.165, 1.54) is 18.4 Å². The molecule has 0 radical (unpaired) electrons. The zero-order valence-electron chi connectivity index (χ0n) is 20.4. The number of carbonyl (C=O) groups excluding carboxylic acids is 1. The minimum Gasteiger partial charge on any atom is -0.355 e. The van der Waals surface area contributed by atoms with Gasteiger partial charge < -0.3 is 9.88 Å². The Balaban J connectivity index is 2.07. The third-order valence-electron chi connectivity index (χ3n) is 5.77. The molecule has 1 aromatic carbocycles. The fourth-order valence-corrected chi connectivity index (χ4v) is 4.74. The number of nitrogens with zero attached hydrogens (tertiary/aromatic N) is 4. The van der Waals surface area contributed by atoms with Crippen LogP contribution >= 0.6 is 0 Å². The number of amides is 1. The first-order valence-electron chi connectivity index (χ1n) is 11.1. The monoisotopic (exact) mass is 475 g/mol. The van der Waals surface area contributed by atoms with Gasteiger partial charge in [0.15, 0.2) is 0 Å². The van der Waals surface area contributed by atoms with E-state index in [0.29, 0.717) is 30.8 Å². The highest BCUT2D eigenvalue weighted by molar-refractivity contribution is 7.89. The van der Waals surface area contributed by atoms with Crippen LogP contribution in [-0.4, -0.2) is 72.9 Å². The lowest BCUT2D eigenvalue weighted by Crippen LogP contribution is -2.47. The van der Waals surface area contributed by atoms with Gasteiger partial charge in [0, 0.05) is 59.7 Å². The first kappa shape index (κ1) is 26.8. The normalized spacial score (nSPS) is 13.1. The van der Waals surface area contributed by atoms with Crippen molar-refractivity contribution >= 4 is 27.0 Å². The van der Waals surface area contributed by atoms with Gasteiger partial charge in [-0.1, -0.05) is 26.0 Å². The van der Waals surface area contributed by atoms with Crippen LogP contribution in [0.15, 0.2) is 48.4 Å². The summed E-state index contributed by atoms with van der Waals surface area (Å²) in [5.74, 6) is 1.05. The lowest BCUT2D eigenvalue weighted by atomic mass is 10.0. The maximum Gasteiger partial charge on any atom is 0.242 e. The van der Waals surface area contributed by atoms with Crippen LogP contribution in [0.5, 0.6) is 0 Å². The van der Waals surface area contributed by atoms with Crippen molar-refractivity contribution < 1.29 is 13.2 Å². The van der Waals surface area contributed by atoms with Crippen LogP contribution < -0.4 is 5.32 Å². The molecule has 2 rings (SSSR count). The average molecular weight is 476 g/mol. The standard InChI is InChI=1S/C24H37N5O3S/c1-8-14-29(15-9-2)22(18(3)4)17-25-24(30)13-12-23-26-20-16-19(33(31,32)27(5)6)10-11-21(20)28(23)7/h8-11,16,18,22H,1-2,12-15,17H2,3-7H3,(H,25,30). The van der Waals surface area contributed by atoms with Gasteiger partial charge in [0.25, 0.3) is 0 Å². The number of rotatable bonds is 13. The molecule has 1 aromatic heterocycles. The van der Waals surface area contributed by atoms with Crippen LogP contribution in [0.25, 0.3) is 11.0 Å². The Bertz CT molecular complexity index is 1080. The molecule has 1 N–H and O–H groups in total. The number of imidazole rings is 1. The van der Waals surface area contributed by atoms with E-state index in [0.717, 1.165) is 24.4 Å². The molecule has 0 fully saturated rings. The highest BCUT2D eigenvalue weighted by Gasteiger charge is 2.22. The summed E-state index contributed by atoms with van der Waals surface area (Å²) >= 11 is 0. The largest absolute Gasteiger partial charge is 0.355 e. The molecule has 0 bridgehead atoms. The lowest BCUT2D eigenvalue weighted by molar-refractivity contribution is -0.121. The zero-order chi connectivity index (χ0) is 24.8. The van der Waals surface area contributed by atoms with E-state index in [1.807, 2.05) is 23.8 Å². The molecule has 0 saturated carbocycles. The molecular formula is C24H37N5O3S. The van der Waals surface area contributed by atoms with Crippen molar-refractivity contribution in [1.29, 1.82) is 0 Å². The summed E-state index contributed by atoms with van der Waals surface area (Å²) < 4.78 is 27.9. The van der Waals surface area contributed by atoms with Crippen LogP contribution in [0.2, 0.25) is 0 Å². The molecule has 2 aromatic rings. The van der Waals surface area contributed by atoms with Crippen molar-refractivity contribution in [2.24, 2.45) is 13.0 Å². The molecule has 0 aliphatic heterocycles. The second kappa shape index (κ2) is 11.6. The van der Waals surface area contributed by atoms with Gasteiger partial charge in [0.1, 0.15) is 5.82 Å². The number of aromatic nitrogens is 2. The Hall–Kier alpha value is -2.49. The van der Waals surface area contributed by atoms with E-state index in [2.05, 4.69) is 42.2 Å². The number of benzene rings is 1. The van der Waals surface area contributed by atoms with Gasteiger partial charge in [-0.2, -0.15) is 0 Å². The van der Waals surface area contributed by atoms with Gasteiger partial charge in [-0.3, -0.25) is 9.69 Å². The molecule has 1 unspecified atom stereocenters. The Morgan fingerprint density at radius 3 is 2.39 bits per heavy atom.